The van der Waals surface area contributed by atoms with E-state index in [9.17, 15) is 0 Å². The smallest absolute Gasteiger partial charge is 0.101 e. The summed E-state index contributed by atoms with van der Waals surface area (Å²) in [5.74, 6) is 0. The number of anilines is 1. The molecule has 0 saturated heterocycles. The van der Waals surface area contributed by atoms with Crippen molar-refractivity contribution in [3.05, 3.63) is 62.6 Å². The Labute approximate surface area is 126 Å². The van der Waals surface area contributed by atoms with E-state index in [-0.39, 0.29) is 0 Å². The van der Waals surface area contributed by atoms with Crippen molar-refractivity contribution in [3.8, 4) is 6.07 Å². The van der Waals surface area contributed by atoms with Gasteiger partial charge in [0.25, 0.3) is 0 Å². The first-order valence-electron chi connectivity index (χ1n) is 5.48. The maximum atomic E-state index is 9.02. The van der Waals surface area contributed by atoms with E-state index in [1.165, 1.54) is 0 Å². The summed E-state index contributed by atoms with van der Waals surface area (Å²) in [5.41, 5.74) is 2.06. The summed E-state index contributed by atoms with van der Waals surface area (Å²) in [6.45, 7) is 0.467. The van der Waals surface area contributed by atoms with Crippen LogP contribution in [0.3, 0.4) is 0 Å². The van der Waals surface area contributed by atoms with E-state index in [4.69, 9.17) is 40.1 Å². The van der Waals surface area contributed by atoms with Gasteiger partial charge in [0.05, 0.1) is 21.3 Å². The fourth-order valence-electron chi connectivity index (χ4n) is 1.64. The lowest BCUT2D eigenvalue weighted by atomic mass is 10.1. The van der Waals surface area contributed by atoms with Crippen LogP contribution in [0, 0.1) is 11.3 Å². The largest absolute Gasteiger partial charge is 0.380 e. The monoisotopic (exact) mass is 310 g/mol. The second-order valence-electron chi connectivity index (χ2n) is 3.87. The molecule has 0 fully saturated rings. The molecule has 0 aromatic heterocycles. The first-order valence-corrected chi connectivity index (χ1v) is 6.61. The third-order valence-electron chi connectivity index (χ3n) is 2.60. The van der Waals surface area contributed by atoms with Crippen LogP contribution >= 0.6 is 34.8 Å². The van der Waals surface area contributed by atoms with Crippen LogP contribution in [0.2, 0.25) is 15.1 Å². The van der Waals surface area contributed by atoms with Gasteiger partial charge < -0.3 is 5.32 Å². The van der Waals surface area contributed by atoms with Crippen molar-refractivity contribution in [3.63, 3.8) is 0 Å². The number of nitrogens with one attached hydrogen (secondary N) is 1. The van der Waals surface area contributed by atoms with Gasteiger partial charge in [-0.1, -0.05) is 46.9 Å². The van der Waals surface area contributed by atoms with Crippen molar-refractivity contribution in [2.75, 3.05) is 5.32 Å². The fourth-order valence-corrected chi connectivity index (χ4v) is 2.19. The molecule has 0 aliphatic carbocycles. The lowest BCUT2D eigenvalue weighted by Crippen LogP contribution is -2.02. The Bertz CT molecular complexity index is 648. The van der Waals surface area contributed by atoms with Gasteiger partial charge in [-0.25, -0.2) is 0 Å². The topological polar surface area (TPSA) is 35.8 Å². The Kier molecular flexibility index (Phi) is 4.55. The molecule has 2 rings (SSSR count). The second kappa shape index (κ2) is 6.16. The molecular weight excluding hydrogens is 303 g/mol. The average molecular weight is 312 g/mol. The van der Waals surface area contributed by atoms with E-state index in [0.29, 0.717) is 32.9 Å². The third kappa shape index (κ3) is 3.33. The summed E-state index contributed by atoms with van der Waals surface area (Å²) < 4.78 is 0. The highest BCUT2D eigenvalue weighted by Crippen LogP contribution is 2.27. The quantitative estimate of drug-likeness (QED) is 0.853. The van der Waals surface area contributed by atoms with Gasteiger partial charge in [-0.3, -0.25) is 0 Å². The van der Waals surface area contributed by atoms with Gasteiger partial charge in [0.15, 0.2) is 0 Å². The molecule has 2 nitrogen and oxygen atoms in total. The molecule has 0 radical (unpaired) electrons. The van der Waals surface area contributed by atoms with Crippen LogP contribution < -0.4 is 5.32 Å². The van der Waals surface area contributed by atoms with Gasteiger partial charge in [-0.2, -0.15) is 5.26 Å². The normalized spacial score (nSPS) is 10.0. The van der Waals surface area contributed by atoms with Crippen LogP contribution in [0.25, 0.3) is 0 Å². The predicted octanol–water partition coefficient (Wildman–Crippen LogP) is 5.13. The number of halogens is 3. The maximum Gasteiger partial charge on any atom is 0.101 e. The number of hydrogen-bond donors (Lipinski definition) is 1. The van der Waals surface area contributed by atoms with E-state index in [1.807, 2.05) is 12.1 Å². The van der Waals surface area contributed by atoms with E-state index < -0.39 is 0 Å². The van der Waals surface area contributed by atoms with E-state index in [1.54, 1.807) is 24.3 Å². The molecule has 0 heterocycles. The van der Waals surface area contributed by atoms with Crippen LogP contribution in [0.5, 0.6) is 0 Å². The summed E-state index contributed by atoms with van der Waals surface area (Å²) in [4.78, 5) is 0. The molecule has 5 heteroatoms. The van der Waals surface area contributed by atoms with E-state index in [0.717, 1.165) is 5.56 Å². The first-order chi connectivity index (χ1) is 9.11. The zero-order chi connectivity index (χ0) is 13.8. The molecule has 0 spiro atoms. The summed E-state index contributed by atoms with van der Waals surface area (Å²) in [7, 11) is 0. The van der Waals surface area contributed by atoms with Crippen LogP contribution in [0.4, 0.5) is 5.69 Å². The van der Waals surface area contributed by atoms with Crippen LogP contribution in [-0.2, 0) is 6.54 Å². The number of rotatable bonds is 3. The number of nitriles is 1. The summed E-state index contributed by atoms with van der Waals surface area (Å²) >= 11 is 18.0. The Morgan fingerprint density at radius 2 is 1.89 bits per heavy atom. The van der Waals surface area contributed by atoms with Crippen molar-refractivity contribution in [2.24, 2.45) is 0 Å². The third-order valence-corrected chi connectivity index (χ3v) is 3.70. The number of hydrogen-bond acceptors (Lipinski definition) is 2. The molecule has 1 N–H and O–H groups in total. The van der Waals surface area contributed by atoms with Crippen molar-refractivity contribution in [2.45, 2.75) is 6.54 Å². The van der Waals surface area contributed by atoms with Crippen molar-refractivity contribution in [1.29, 1.82) is 5.26 Å². The molecule has 0 unspecified atom stereocenters. The molecule has 0 aliphatic rings. The minimum atomic E-state index is 0.467. The fraction of sp³-hybridized carbons (Fsp3) is 0.0714. The van der Waals surface area contributed by atoms with Gasteiger partial charge in [0, 0.05) is 11.6 Å². The molecule has 0 bridgehead atoms. The van der Waals surface area contributed by atoms with Crippen LogP contribution in [0.15, 0.2) is 36.4 Å². The van der Waals surface area contributed by atoms with Gasteiger partial charge in [0.1, 0.15) is 6.07 Å². The molecule has 2 aromatic rings. The molecule has 2 aromatic carbocycles. The molecule has 0 atom stereocenters. The molecule has 0 saturated carbocycles. The Hall–Kier alpha value is -1.40. The maximum absolute atomic E-state index is 9.02. The summed E-state index contributed by atoms with van der Waals surface area (Å²) in [6.07, 6.45) is 0. The van der Waals surface area contributed by atoms with Crippen molar-refractivity contribution >= 4 is 40.5 Å². The SMILES string of the molecule is N#Cc1ccc(Cl)cc1NCc1cccc(Cl)c1Cl. The lowest BCUT2D eigenvalue weighted by Gasteiger charge is -2.10. The molecule has 0 aliphatic heterocycles. The predicted molar refractivity (Wildman–Crippen MR) is 80.0 cm³/mol. The lowest BCUT2D eigenvalue weighted by molar-refractivity contribution is 1.15. The van der Waals surface area contributed by atoms with Gasteiger partial charge >= 0.3 is 0 Å². The Balaban J connectivity index is 2.21. The highest BCUT2D eigenvalue weighted by atomic mass is 35.5. The van der Waals surface area contributed by atoms with E-state index >= 15 is 0 Å². The number of nitrogens with zero attached hydrogens (tertiary/aromatic N) is 1. The minimum absolute atomic E-state index is 0.467. The second-order valence-corrected chi connectivity index (χ2v) is 5.09. The molecule has 0 amide bonds. The van der Waals surface area contributed by atoms with Gasteiger partial charge in [0.2, 0.25) is 0 Å². The van der Waals surface area contributed by atoms with Crippen molar-refractivity contribution < 1.29 is 0 Å². The van der Waals surface area contributed by atoms with Crippen molar-refractivity contribution in [1.82, 2.24) is 0 Å². The first kappa shape index (κ1) is 14.0. The van der Waals surface area contributed by atoms with Gasteiger partial charge in [-0.05, 0) is 29.8 Å². The molecule has 96 valence electrons. The molecular formula is C14H9Cl3N2. The Morgan fingerprint density at radius 1 is 1.11 bits per heavy atom. The average Bonchev–Trinajstić information content (AvgIpc) is 2.40. The minimum Gasteiger partial charge on any atom is -0.380 e. The number of benzene rings is 2. The van der Waals surface area contributed by atoms with Crippen LogP contribution in [0.1, 0.15) is 11.1 Å². The zero-order valence-electron chi connectivity index (χ0n) is 9.75. The zero-order valence-corrected chi connectivity index (χ0v) is 12.0. The highest BCUT2D eigenvalue weighted by Gasteiger charge is 2.06. The summed E-state index contributed by atoms with van der Waals surface area (Å²) in [6, 6.07) is 12.6. The summed E-state index contributed by atoms with van der Waals surface area (Å²) in [5, 5.41) is 13.8. The Morgan fingerprint density at radius 3 is 2.63 bits per heavy atom. The molecule has 19 heavy (non-hydrogen) atoms. The van der Waals surface area contributed by atoms with Gasteiger partial charge in [-0.15, -0.1) is 0 Å². The van der Waals surface area contributed by atoms with Crippen LogP contribution in [-0.4, -0.2) is 0 Å². The van der Waals surface area contributed by atoms with E-state index in [2.05, 4.69) is 11.4 Å². The highest BCUT2D eigenvalue weighted by molar-refractivity contribution is 6.42. The standard InChI is InChI=1S/C14H9Cl3N2/c15-11-5-4-9(7-18)13(6-11)19-8-10-2-1-3-12(16)14(10)17/h1-6,19H,8H2.